The second kappa shape index (κ2) is 5.46. The Balaban J connectivity index is 2.69. The van der Waals surface area contributed by atoms with E-state index < -0.39 is 17.6 Å². The van der Waals surface area contributed by atoms with Crippen molar-refractivity contribution in [1.29, 1.82) is 0 Å². The van der Waals surface area contributed by atoms with Gasteiger partial charge >= 0.3 is 5.97 Å². The Bertz CT molecular complexity index is 686. The minimum Gasteiger partial charge on any atom is -0.497 e. The number of carbonyl (C=O) groups is 1. The number of rotatable bonds is 3. The lowest BCUT2D eigenvalue weighted by Gasteiger charge is -2.10. The second-order valence-corrected chi connectivity index (χ2v) is 4.37. The number of hydrogen-bond acceptors (Lipinski definition) is 2. The predicted molar refractivity (Wildman–Crippen MR) is 70.3 cm³/mol. The van der Waals surface area contributed by atoms with E-state index in [0.29, 0.717) is 5.75 Å². The zero-order valence-corrected chi connectivity index (χ0v) is 11.0. The van der Waals surface area contributed by atoms with Gasteiger partial charge in [-0.05, 0) is 35.9 Å². The van der Waals surface area contributed by atoms with Crippen molar-refractivity contribution in [3.05, 3.63) is 52.6 Å². The Hall–Kier alpha value is -2.14. The molecule has 6 heteroatoms. The molecule has 0 unspecified atom stereocenters. The standard InChI is InChI=1S/C14H9ClF2O3/c1-20-7-2-3-8(10(4-7)14(18)19)9-5-12(16)13(17)6-11(9)15/h2-6H,1H3,(H,18,19). The Morgan fingerprint density at radius 1 is 1.15 bits per heavy atom. The van der Waals surface area contributed by atoms with Gasteiger partial charge in [-0.1, -0.05) is 11.6 Å². The molecule has 0 radical (unpaired) electrons. The van der Waals surface area contributed by atoms with Gasteiger partial charge in [0.05, 0.1) is 17.7 Å². The molecule has 0 saturated heterocycles. The number of carboxylic acid groups (broad SMARTS) is 1. The minimum atomic E-state index is -1.22. The molecule has 104 valence electrons. The summed E-state index contributed by atoms with van der Waals surface area (Å²) in [6.07, 6.45) is 0. The van der Waals surface area contributed by atoms with Crippen LogP contribution in [-0.2, 0) is 0 Å². The van der Waals surface area contributed by atoms with E-state index >= 15 is 0 Å². The van der Waals surface area contributed by atoms with Crippen molar-refractivity contribution in [2.45, 2.75) is 0 Å². The van der Waals surface area contributed by atoms with Crippen LogP contribution in [-0.4, -0.2) is 18.2 Å². The number of carboxylic acids is 1. The summed E-state index contributed by atoms with van der Waals surface area (Å²) in [7, 11) is 1.39. The molecule has 2 aromatic rings. The van der Waals surface area contributed by atoms with Crippen LogP contribution in [0.3, 0.4) is 0 Å². The lowest BCUT2D eigenvalue weighted by molar-refractivity contribution is 0.0697. The first-order valence-corrected chi connectivity index (χ1v) is 5.88. The Morgan fingerprint density at radius 2 is 1.80 bits per heavy atom. The number of ether oxygens (including phenoxy) is 1. The topological polar surface area (TPSA) is 46.5 Å². The molecule has 20 heavy (non-hydrogen) atoms. The summed E-state index contributed by atoms with van der Waals surface area (Å²) < 4.78 is 31.3. The van der Waals surface area contributed by atoms with Gasteiger partial charge in [0.25, 0.3) is 0 Å². The first kappa shape index (κ1) is 14.3. The third kappa shape index (κ3) is 2.58. The van der Waals surface area contributed by atoms with Crippen molar-refractivity contribution in [2.75, 3.05) is 7.11 Å². The maximum absolute atomic E-state index is 13.3. The summed E-state index contributed by atoms with van der Waals surface area (Å²) in [5.41, 5.74) is 0.171. The van der Waals surface area contributed by atoms with Gasteiger partial charge in [0.2, 0.25) is 0 Å². The molecule has 0 bridgehead atoms. The van der Waals surface area contributed by atoms with E-state index in [1.165, 1.54) is 25.3 Å². The van der Waals surface area contributed by atoms with E-state index in [-0.39, 0.29) is 21.7 Å². The molecule has 0 fully saturated rings. The van der Waals surface area contributed by atoms with Crippen LogP contribution < -0.4 is 4.74 Å². The Labute approximate surface area is 118 Å². The third-order valence-electron chi connectivity index (χ3n) is 2.76. The Morgan fingerprint density at radius 3 is 2.40 bits per heavy atom. The van der Waals surface area contributed by atoms with Crippen LogP contribution in [0.5, 0.6) is 5.75 Å². The van der Waals surface area contributed by atoms with E-state index in [2.05, 4.69) is 0 Å². The molecule has 0 saturated carbocycles. The summed E-state index contributed by atoms with van der Waals surface area (Å²) in [4.78, 5) is 11.3. The van der Waals surface area contributed by atoms with E-state index in [4.69, 9.17) is 16.3 Å². The van der Waals surface area contributed by atoms with Gasteiger partial charge in [0, 0.05) is 5.56 Å². The van der Waals surface area contributed by atoms with Crippen LogP contribution in [0.15, 0.2) is 30.3 Å². The van der Waals surface area contributed by atoms with E-state index in [0.717, 1.165) is 12.1 Å². The molecular formula is C14H9ClF2O3. The van der Waals surface area contributed by atoms with Gasteiger partial charge in [0.15, 0.2) is 11.6 Å². The zero-order valence-electron chi connectivity index (χ0n) is 10.3. The number of hydrogen-bond donors (Lipinski definition) is 1. The smallest absolute Gasteiger partial charge is 0.336 e. The highest BCUT2D eigenvalue weighted by atomic mass is 35.5. The normalized spacial score (nSPS) is 10.4. The van der Waals surface area contributed by atoms with Crippen LogP contribution >= 0.6 is 11.6 Å². The third-order valence-corrected chi connectivity index (χ3v) is 3.07. The highest BCUT2D eigenvalue weighted by Gasteiger charge is 2.17. The summed E-state index contributed by atoms with van der Waals surface area (Å²) in [6, 6.07) is 5.91. The molecule has 3 nitrogen and oxygen atoms in total. The van der Waals surface area contributed by atoms with Crippen molar-refractivity contribution >= 4 is 17.6 Å². The largest absolute Gasteiger partial charge is 0.497 e. The zero-order chi connectivity index (χ0) is 14.9. The van der Waals surface area contributed by atoms with Crippen molar-refractivity contribution in [3.63, 3.8) is 0 Å². The average Bonchev–Trinajstić information content (AvgIpc) is 2.42. The van der Waals surface area contributed by atoms with Crippen LogP contribution in [0.25, 0.3) is 11.1 Å². The van der Waals surface area contributed by atoms with E-state index in [1.807, 2.05) is 0 Å². The first-order chi connectivity index (χ1) is 9.43. The maximum Gasteiger partial charge on any atom is 0.336 e. The molecule has 2 rings (SSSR count). The monoisotopic (exact) mass is 298 g/mol. The van der Waals surface area contributed by atoms with Gasteiger partial charge < -0.3 is 9.84 Å². The second-order valence-electron chi connectivity index (χ2n) is 3.96. The highest BCUT2D eigenvalue weighted by Crippen LogP contribution is 2.34. The fraction of sp³-hybridized carbons (Fsp3) is 0.0714. The number of halogens is 3. The molecule has 0 heterocycles. The van der Waals surface area contributed by atoms with Gasteiger partial charge in [-0.3, -0.25) is 0 Å². The maximum atomic E-state index is 13.3. The van der Waals surface area contributed by atoms with Crippen LogP contribution in [0, 0.1) is 11.6 Å². The van der Waals surface area contributed by atoms with E-state index in [9.17, 15) is 18.7 Å². The average molecular weight is 299 g/mol. The lowest BCUT2D eigenvalue weighted by atomic mass is 9.99. The van der Waals surface area contributed by atoms with Gasteiger partial charge in [0.1, 0.15) is 5.75 Å². The molecule has 0 aliphatic rings. The molecule has 0 aromatic heterocycles. The minimum absolute atomic E-state index is 0.0726. The van der Waals surface area contributed by atoms with Crippen molar-refractivity contribution < 1.29 is 23.4 Å². The summed E-state index contributed by atoms with van der Waals surface area (Å²) >= 11 is 5.86. The molecule has 0 atom stereocenters. The number of benzene rings is 2. The van der Waals surface area contributed by atoms with Crippen LogP contribution in [0.4, 0.5) is 8.78 Å². The van der Waals surface area contributed by atoms with Gasteiger partial charge in [-0.25, -0.2) is 13.6 Å². The lowest BCUT2D eigenvalue weighted by Crippen LogP contribution is -2.01. The van der Waals surface area contributed by atoms with Crippen molar-refractivity contribution in [2.24, 2.45) is 0 Å². The molecule has 2 aromatic carbocycles. The fourth-order valence-electron chi connectivity index (χ4n) is 1.79. The van der Waals surface area contributed by atoms with Gasteiger partial charge in [-0.15, -0.1) is 0 Å². The quantitative estimate of drug-likeness (QED) is 0.872. The number of aromatic carboxylic acids is 1. The van der Waals surface area contributed by atoms with E-state index in [1.54, 1.807) is 0 Å². The van der Waals surface area contributed by atoms with Gasteiger partial charge in [-0.2, -0.15) is 0 Å². The summed E-state index contributed by atoms with van der Waals surface area (Å²) in [5, 5.41) is 9.12. The molecule has 0 spiro atoms. The van der Waals surface area contributed by atoms with Crippen LogP contribution in [0.1, 0.15) is 10.4 Å². The fourth-order valence-corrected chi connectivity index (χ4v) is 2.04. The molecule has 0 amide bonds. The Kier molecular flexibility index (Phi) is 3.90. The first-order valence-electron chi connectivity index (χ1n) is 5.50. The molecule has 0 aliphatic heterocycles. The SMILES string of the molecule is COc1ccc(-c2cc(F)c(F)cc2Cl)c(C(=O)O)c1. The predicted octanol–water partition coefficient (Wildman–Crippen LogP) is 3.99. The highest BCUT2D eigenvalue weighted by molar-refractivity contribution is 6.33. The molecule has 1 N–H and O–H groups in total. The summed E-state index contributed by atoms with van der Waals surface area (Å²) in [5.74, 6) is -3.08. The van der Waals surface area contributed by atoms with Crippen LogP contribution in [0.2, 0.25) is 5.02 Å². The van der Waals surface area contributed by atoms with Crippen molar-refractivity contribution in [3.8, 4) is 16.9 Å². The van der Waals surface area contributed by atoms with Crippen molar-refractivity contribution in [1.82, 2.24) is 0 Å². The summed E-state index contributed by atoms with van der Waals surface area (Å²) in [6.45, 7) is 0. The number of methoxy groups -OCH3 is 1. The molecular weight excluding hydrogens is 290 g/mol. The molecule has 0 aliphatic carbocycles.